The summed E-state index contributed by atoms with van der Waals surface area (Å²) >= 11 is 0. The first-order valence-corrected chi connectivity index (χ1v) is 10.7. The highest BCUT2D eigenvalue weighted by molar-refractivity contribution is 7.89. The molecule has 29 heavy (non-hydrogen) atoms. The predicted molar refractivity (Wildman–Crippen MR) is 109 cm³/mol. The molecule has 0 saturated carbocycles. The summed E-state index contributed by atoms with van der Waals surface area (Å²) in [5, 5.41) is 0. The summed E-state index contributed by atoms with van der Waals surface area (Å²) in [7, 11) is -2.44. The molecule has 154 valence electrons. The zero-order valence-corrected chi connectivity index (χ0v) is 17.7. The summed E-state index contributed by atoms with van der Waals surface area (Å²) in [6.45, 7) is 5.86. The first-order chi connectivity index (χ1) is 13.8. The molecule has 0 aliphatic rings. The Morgan fingerprint density at radius 3 is 2.59 bits per heavy atom. The lowest BCUT2D eigenvalue weighted by molar-refractivity contribution is -0.146. The molecule has 1 aromatic carbocycles. The largest absolute Gasteiger partial charge is 0.465 e. The van der Waals surface area contributed by atoms with Crippen LogP contribution in [-0.2, 0) is 26.1 Å². The summed E-state index contributed by atoms with van der Waals surface area (Å²) in [4.78, 5) is 20.6. The van der Waals surface area contributed by atoms with Crippen molar-refractivity contribution in [2.24, 2.45) is 0 Å². The Hall–Kier alpha value is -2.78. The predicted octanol–water partition coefficient (Wildman–Crippen LogP) is 2.36. The topological polar surface area (TPSA) is 94.4 Å². The SMILES string of the molecule is CCOC(=O)[C@H](C)N(C)S(=O)(=O)c1ccc(Cn2c(C)nc3cnccc32)cc1. The normalized spacial score (nSPS) is 13.0. The number of hydrogen-bond acceptors (Lipinski definition) is 6. The average Bonchev–Trinajstić information content (AvgIpc) is 3.02. The van der Waals surface area contributed by atoms with E-state index in [4.69, 9.17) is 4.74 Å². The lowest BCUT2D eigenvalue weighted by Crippen LogP contribution is -2.41. The number of likely N-dealkylation sites (N-methyl/N-ethyl adjacent to an activating group) is 1. The monoisotopic (exact) mass is 416 g/mol. The summed E-state index contributed by atoms with van der Waals surface area (Å²) in [5.41, 5.74) is 2.72. The van der Waals surface area contributed by atoms with Crippen molar-refractivity contribution in [3.8, 4) is 0 Å². The second-order valence-electron chi connectivity index (χ2n) is 6.70. The van der Waals surface area contributed by atoms with Gasteiger partial charge in [-0.15, -0.1) is 0 Å². The molecule has 2 heterocycles. The van der Waals surface area contributed by atoms with Gasteiger partial charge in [-0.25, -0.2) is 13.4 Å². The van der Waals surface area contributed by atoms with Crippen molar-refractivity contribution in [3.05, 3.63) is 54.1 Å². The van der Waals surface area contributed by atoms with Gasteiger partial charge in [-0.1, -0.05) is 12.1 Å². The van der Waals surface area contributed by atoms with Crippen LogP contribution in [-0.4, -0.2) is 52.9 Å². The minimum Gasteiger partial charge on any atom is -0.465 e. The molecular formula is C20H24N4O4S. The standard InChI is InChI=1S/C20H24N4O4S/c1-5-28-20(25)14(2)23(4)29(26,27)17-8-6-16(7-9-17)13-24-15(3)22-18-12-21-11-10-19(18)24/h6-12,14H,5,13H2,1-4H3/t14-/m0/s1. The third-order valence-electron chi connectivity index (χ3n) is 4.86. The minimum atomic E-state index is -3.82. The van der Waals surface area contributed by atoms with Crippen molar-refractivity contribution in [1.29, 1.82) is 0 Å². The molecule has 9 heteroatoms. The van der Waals surface area contributed by atoms with E-state index in [-0.39, 0.29) is 11.5 Å². The van der Waals surface area contributed by atoms with Crippen LogP contribution < -0.4 is 0 Å². The van der Waals surface area contributed by atoms with E-state index in [2.05, 4.69) is 14.5 Å². The molecule has 1 atom stereocenters. The lowest BCUT2D eigenvalue weighted by Gasteiger charge is -2.22. The van der Waals surface area contributed by atoms with Crippen LogP contribution in [0.1, 0.15) is 25.2 Å². The Bertz CT molecular complexity index is 1120. The Morgan fingerprint density at radius 2 is 1.93 bits per heavy atom. The number of aromatic nitrogens is 3. The van der Waals surface area contributed by atoms with Crippen LogP contribution in [0.2, 0.25) is 0 Å². The molecule has 8 nitrogen and oxygen atoms in total. The van der Waals surface area contributed by atoms with Crippen molar-refractivity contribution < 1.29 is 17.9 Å². The maximum atomic E-state index is 12.8. The number of nitrogens with zero attached hydrogens (tertiary/aromatic N) is 4. The van der Waals surface area contributed by atoms with Crippen LogP contribution in [0.4, 0.5) is 0 Å². The van der Waals surface area contributed by atoms with Crippen LogP contribution in [0, 0.1) is 6.92 Å². The van der Waals surface area contributed by atoms with Crippen molar-refractivity contribution in [1.82, 2.24) is 18.8 Å². The van der Waals surface area contributed by atoms with Gasteiger partial charge in [0.1, 0.15) is 17.4 Å². The number of pyridine rings is 1. The number of fused-ring (bicyclic) bond motifs is 1. The highest BCUT2D eigenvalue weighted by Gasteiger charge is 2.30. The maximum absolute atomic E-state index is 12.8. The molecular weight excluding hydrogens is 392 g/mol. The molecule has 0 aliphatic carbocycles. The first kappa shape index (κ1) is 20.9. The van der Waals surface area contributed by atoms with Crippen molar-refractivity contribution in [3.63, 3.8) is 0 Å². The molecule has 0 amide bonds. The lowest BCUT2D eigenvalue weighted by atomic mass is 10.2. The zero-order valence-electron chi connectivity index (χ0n) is 16.9. The fraction of sp³-hybridized carbons (Fsp3) is 0.350. The Kier molecular flexibility index (Phi) is 5.99. The number of esters is 1. The maximum Gasteiger partial charge on any atom is 0.324 e. The first-order valence-electron chi connectivity index (χ1n) is 9.26. The van der Waals surface area contributed by atoms with Gasteiger partial charge >= 0.3 is 5.97 Å². The molecule has 0 aliphatic heterocycles. The van der Waals surface area contributed by atoms with Crippen LogP contribution >= 0.6 is 0 Å². The number of sulfonamides is 1. The molecule has 0 N–H and O–H groups in total. The van der Waals surface area contributed by atoms with E-state index in [1.807, 2.05) is 13.0 Å². The molecule has 3 rings (SSSR count). The second-order valence-corrected chi connectivity index (χ2v) is 8.70. The number of carbonyl (C=O) groups is 1. The number of benzene rings is 1. The van der Waals surface area contributed by atoms with E-state index in [0.29, 0.717) is 6.54 Å². The molecule has 0 saturated heterocycles. The molecule has 2 aromatic heterocycles. The second kappa shape index (κ2) is 8.30. The summed E-state index contributed by atoms with van der Waals surface area (Å²) in [6.07, 6.45) is 3.44. The van der Waals surface area contributed by atoms with Gasteiger partial charge in [0.25, 0.3) is 0 Å². The van der Waals surface area contributed by atoms with Crippen molar-refractivity contribution in [2.45, 2.75) is 38.3 Å². The number of hydrogen-bond donors (Lipinski definition) is 0. The summed E-state index contributed by atoms with van der Waals surface area (Å²) in [6, 6.07) is 7.63. The van der Waals surface area contributed by atoms with E-state index in [0.717, 1.165) is 26.7 Å². The molecule has 3 aromatic rings. The van der Waals surface area contributed by atoms with Gasteiger partial charge in [-0.05, 0) is 44.5 Å². The molecule has 0 spiro atoms. The number of rotatable bonds is 7. The molecule has 0 fully saturated rings. The van der Waals surface area contributed by atoms with Gasteiger partial charge in [-0.3, -0.25) is 9.78 Å². The van der Waals surface area contributed by atoms with Gasteiger partial charge in [0.05, 0.1) is 23.2 Å². The van der Waals surface area contributed by atoms with E-state index >= 15 is 0 Å². The zero-order chi connectivity index (χ0) is 21.2. The molecule has 0 bridgehead atoms. The highest BCUT2D eigenvalue weighted by Crippen LogP contribution is 2.20. The van der Waals surface area contributed by atoms with Crippen LogP contribution in [0.5, 0.6) is 0 Å². The van der Waals surface area contributed by atoms with Crippen LogP contribution in [0.25, 0.3) is 11.0 Å². The van der Waals surface area contributed by atoms with Crippen molar-refractivity contribution in [2.75, 3.05) is 13.7 Å². The van der Waals surface area contributed by atoms with E-state index in [1.54, 1.807) is 43.6 Å². The van der Waals surface area contributed by atoms with Crippen molar-refractivity contribution >= 4 is 27.0 Å². The fourth-order valence-electron chi connectivity index (χ4n) is 3.04. The number of aryl methyl sites for hydroxylation is 1. The summed E-state index contributed by atoms with van der Waals surface area (Å²) < 4.78 is 33.7. The van der Waals surface area contributed by atoms with Gasteiger partial charge in [-0.2, -0.15) is 4.31 Å². The summed E-state index contributed by atoms with van der Waals surface area (Å²) in [5.74, 6) is 0.278. The Morgan fingerprint density at radius 1 is 1.24 bits per heavy atom. The van der Waals surface area contributed by atoms with Gasteiger partial charge in [0, 0.05) is 19.8 Å². The third-order valence-corrected chi connectivity index (χ3v) is 6.80. The number of carbonyl (C=O) groups excluding carboxylic acids is 1. The van der Waals surface area contributed by atoms with Crippen LogP contribution in [0.3, 0.4) is 0 Å². The average molecular weight is 417 g/mol. The Labute approximate surface area is 170 Å². The fourth-order valence-corrected chi connectivity index (χ4v) is 4.35. The highest BCUT2D eigenvalue weighted by atomic mass is 32.2. The smallest absolute Gasteiger partial charge is 0.324 e. The number of imidazole rings is 1. The van der Waals surface area contributed by atoms with Gasteiger partial charge in [0.15, 0.2) is 0 Å². The van der Waals surface area contributed by atoms with Gasteiger partial charge in [0.2, 0.25) is 10.0 Å². The quantitative estimate of drug-likeness (QED) is 0.549. The molecule has 0 unspecified atom stereocenters. The van der Waals surface area contributed by atoms with E-state index in [1.165, 1.54) is 14.0 Å². The number of ether oxygens (including phenoxy) is 1. The van der Waals surface area contributed by atoms with E-state index < -0.39 is 22.0 Å². The molecule has 0 radical (unpaired) electrons. The van der Waals surface area contributed by atoms with Gasteiger partial charge < -0.3 is 9.30 Å². The van der Waals surface area contributed by atoms with E-state index in [9.17, 15) is 13.2 Å². The minimum absolute atomic E-state index is 0.122. The Balaban J connectivity index is 1.82. The van der Waals surface area contributed by atoms with Crippen LogP contribution in [0.15, 0.2) is 47.6 Å². The third kappa shape index (κ3) is 4.15.